The van der Waals surface area contributed by atoms with Gasteiger partial charge in [0, 0.05) is 30.2 Å². The normalized spacial score (nSPS) is 10.7. The first-order valence-electron chi connectivity index (χ1n) is 9.96. The topological polar surface area (TPSA) is 112 Å². The van der Waals surface area contributed by atoms with Gasteiger partial charge in [0.05, 0.1) is 18.9 Å². The van der Waals surface area contributed by atoms with Crippen molar-refractivity contribution in [2.24, 2.45) is 0 Å². The summed E-state index contributed by atoms with van der Waals surface area (Å²) in [5.74, 6) is 0.471. The molecule has 31 heavy (non-hydrogen) atoms. The van der Waals surface area contributed by atoms with E-state index in [0.29, 0.717) is 24.7 Å². The molecule has 0 atom stereocenters. The van der Waals surface area contributed by atoms with Crippen molar-refractivity contribution in [1.29, 1.82) is 0 Å². The Labute approximate surface area is 181 Å². The van der Waals surface area contributed by atoms with Crippen LogP contribution in [0.2, 0.25) is 0 Å². The minimum absolute atomic E-state index is 0.134. The standard InChI is InChI=1S/C24H24N6O/c25-23-22(19-6-8-20(9-7-19)28-14-17-10-12-27-13-11-17)21(29-24(26)30-23)16-31-15-18-4-2-1-3-5-18/h1-13,28H,14-16H2,(H4,25,26,29,30). The lowest BCUT2D eigenvalue weighted by Gasteiger charge is -2.13. The number of benzene rings is 2. The third-order valence-corrected chi connectivity index (χ3v) is 4.80. The first kappa shape index (κ1) is 20.3. The van der Waals surface area contributed by atoms with E-state index in [1.165, 1.54) is 0 Å². The quantitative estimate of drug-likeness (QED) is 0.400. The Morgan fingerprint density at radius 1 is 0.774 bits per heavy atom. The summed E-state index contributed by atoms with van der Waals surface area (Å²) in [6.07, 6.45) is 3.57. The van der Waals surface area contributed by atoms with Crippen molar-refractivity contribution in [2.75, 3.05) is 16.8 Å². The summed E-state index contributed by atoms with van der Waals surface area (Å²) >= 11 is 0. The van der Waals surface area contributed by atoms with Crippen LogP contribution in [0.5, 0.6) is 0 Å². The molecule has 2 aromatic carbocycles. The third-order valence-electron chi connectivity index (χ3n) is 4.80. The summed E-state index contributed by atoms with van der Waals surface area (Å²) in [4.78, 5) is 12.6. The van der Waals surface area contributed by atoms with Crippen molar-refractivity contribution in [3.8, 4) is 11.1 Å². The largest absolute Gasteiger partial charge is 0.383 e. The summed E-state index contributed by atoms with van der Waals surface area (Å²) < 4.78 is 5.87. The summed E-state index contributed by atoms with van der Waals surface area (Å²) in [6, 6.07) is 21.9. The predicted molar refractivity (Wildman–Crippen MR) is 123 cm³/mol. The second kappa shape index (κ2) is 9.69. The fraction of sp³-hybridized carbons (Fsp3) is 0.125. The van der Waals surface area contributed by atoms with Crippen LogP contribution >= 0.6 is 0 Å². The number of hydrogen-bond donors (Lipinski definition) is 3. The van der Waals surface area contributed by atoms with Gasteiger partial charge in [0.1, 0.15) is 5.82 Å². The van der Waals surface area contributed by atoms with Gasteiger partial charge in [-0.05, 0) is 41.0 Å². The molecule has 0 aliphatic carbocycles. The average molecular weight is 412 g/mol. The molecule has 0 saturated carbocycles. The molecule has 2 aromatic heterocycles. The highest BCUT2D eigenvalue weighted by Crippen LogP contribution is 2.30. The monoisotopic (exact) mass is 412 g/mol. The zero-order valence-corrected chi connectivity index (χ0v) is 17.0. The van der Waals surface area contributed by atoms with Crippen molar-refractivity contribution >= 4 is 17.5 Å². The van der Waals surface area contributed by atoms with Gasteiger partial charge in [0.15, 0.2) is 0 Å². The maximum absolute atomic E-state index is 6.20. The Hall–Kier alpha value is -3.97. The van der Waals surface area contributed by atoms with E-state index in [1.807, 2.05) is 66.7 Å². The SMILES string of the molecule is Nc1nc(N)c(-c2ccc(NCc3ccncc3)cc2)c(COCc2ccccc2)n1. The Bertz CT molecular complexity index is 1120. The van der Waals surface area contributed by atoms with Crippen LogP contribution in [0, 0.1) is 0 Å². The lowest BCUT2D eigenvalue weighted by atomic mass is 10.0. The van der Waals surface area contributed by atoms with Gasteiger partial charge in [0.25, 0.3) is 0 Å². The van der Waals surface area contributed by atoms with Crippen LogP contribution in [0.25, 0.3) is 11.1 Å². The number of ether oxygens (including phenoxy) is 1. The fourth-order valence-corrected chi connectivity index (χ4v) is 3.26. The van der Waals surface area contributed by atoms with E-state index < -0.39 is 0 Å². The van der Waals surface area contributed by atoms with E-state index in [4.69, 9.17) is 16.2 Å². The van der Waals surface area contributed by atoms with Crippen LogP contribution in [0.4, 0.5) is 17.5 Å². The molecule has 0 aliphatic heterocycles. The van der Waals surface area contributed by atoms with Crippen LogP contribution < -0.4 is 16.8 Å². The summed E-state index contributed by atoms with van der Waals surface area (Å²) in [6.45, 7) is 1.47. The smallest absolute Gasteiger partial charge is 0.222 e. The van der Waals surface area contributed by atoms with E-state index in [9.17, 15) is 0 Å². The van der Waals surface area contributed by atoms with Crippen LogP contribution in [0.3, 0.4) is 0 Å². The minimum Gasteiger partial charge on any atom is -0.383 e. The molecule has 156 valence electrons. The number of hydrogen-bond acceptors (Lipinski definition) is 7. The number of nitrogens with one attached hydrogen (secondary N) is 1. The molecule has 0 radical (unpaired) electrons. The van der Waals surface area contributed by atoms with Crippen molar-refractivity contribution in [3.63, 3.8) is 0 Å². The van der Waals surface area contributed by atoms with Crippen LogP contribution in [0.1, 0.15) is 16.8 Å². The van der Waals surface area contributed by atoms with Crippen molar-refractivity contribution in [2.45, 2.75) is 19.8 Å². The summed E-state index contributed by atoms with van der Waals surface area (Å²) in [5.41, 5.74) is 17.6. The van der Waals surface area contributed by atoms with E-state index in [-0.39, 0.29) is 12.6 Å². The number of aromatic nitrogens is 3. The number of rotatable bonds is 8. The number of anilines is 3. The lowest BCUT2D eigenvalue weighted by molar-refractivity contribution is 0.105. The average Bonchev–Trinajstić information content (AvgIpc) is 2.79. The van der Waals surface area contributed by atoms with Crippen LogP contribution in [-0.4, -0.2) is 15.0 Å². The molecule has 0 aliphatic rings. The Balaban J connectivity index is 1.48. The predicted octanol–water partition coefficient (Wildman–Crippen LogP) is 4.03. The van der Waals surface area contributed by atoms with Gasteiger partial charge in [-0.25, -0.2) is 4.98 Å². The van der Waals surface area contributed by atoms with Gasteiger partial charge in [-0.3, -0.25) is 4.98 Å². The van der Waals surface area contributed by atoms with Gasteiger partial charge in [-0.1, -0.05) is 42.5 Å². The van der Waals surface area contributed by atoms with Crippen molar-refractivity contribution < 1.29 is 4.74 Å². The number of nitrogens with zero attached hydrogens (tertiary/aromatic N) is 3. The van der Waals surface area contributed by atoms with Crippen LogP contribution in [0.15, 0.2) is 79.1 Å². The first-order chi connectivity index (χ1) is 15.2. The van der Waals surface area contributed by atoms with Gasteiger partial charge in [-0.2, -0.15) is 4.98 Å². The second-order valence-electron chi connectivity index (χ2n) is 7.05. The zero-order chi connectivity index (χ0) is 21.5. The van der Waals surface area contributed by atoms with E-state index in [0.717, 1.165) is 27.9 Å². The molecule has 0 spiro atoms. The second-order valence-corrected chi connectivity index (χ2v) is 7.05. The number of nitrogens with two attached hydrogens (primary N) is 2. The highest BCUT2D eigenvalue weighted by Gasteiger charge is 2.14. The maximum Gasteiger partial charge on any atom is 0.222 e. The molecule has 7 nitrogen and oxygen atoms in total. The van der Waals surface area contributed by atoms with Gasteiger partial charge in [-0.15, -0.1) is 0 Å². The molecule has 0 bridgehead atoms. The van der Waals surface area contributed by atoms with Gasteiger partial charge >= 0.3 is 0 Å². The highest BCUT2D eigenvalue weighted by molar-refractivity contribution is 5.77. The molecule has 7 heteroatoms. The molecule has 5 N–H and O–H groups in total. The molecular formula is C24H24N6O. The molecular weight excluding hydrogens is 388 g/mol. The van der Waals surface area contributed by atoms with Gasteiger partial charge < -0.3 is 21.5 Å². The summed E-state index contributed by atoms with van der Waals surface area (Å²) in [5, 5.41) is 3.40. The molecule has 4 aromatic rings. The third kappa shape index (κ3) is 5.34. The van der Waals surface area contributed by atoms with Crippen molar-refractivity contribution in [3.05, 3.63) is 95.9 Å². The number of pyridine rings is 1. The highest BCUT2D eigenvalue weighted by atomic mass is 16.5. The lowest BCUT2D eigenvalue weighted by Crippen LogP contribution is -2.08. The van der Waals surface area contributed by atoms with E-state index >= 15 is 0 Å². The summed E-state index contributed by atoms with van der Waals surface area (Å²) in [7, 11) is 0. The van der Waals surface area contributed by atoms with Crippen molar-refractivity contribution in [1.82, 2.24) is 15.0 Å². The minimum atomic E-state index is 0.134. The molecule has 0 amide bonds. The molecule has 0 unspecified atom stereocenters. The zero-order valence-electron chi connectivity index (χ0n) is 17.0. The fourth-order valence-electron chi connectivity index (χ4n) is 3.26. The van der Waals surface area contributed by atoms with E-state index in [2.05, 4.69) is 20.3 Å². The molecule has 0 fully saturated rings. The van der Waals surface area contributed by atoms with Gasteiger partial charge in [0.2, 0.25) is 5.95 Å². The molecule has 0 saturated heterocycles. The maximum atomic E-state index is 6.20. The Morgan fingerprint density at radius 3 is 2.26 bits per heavy atom. The number of nitrogen functional groups attached to an aromatic ring is 2. The van der Waals surface area contributed by atoms with E-state index in [1.54, 1.807) is 12.4 Å². The van der Waals surface area contributed by atoms with Crippen LogP contribution in [-0.2, 0) is 24.5 Å². The molecule has 4 rings (SSSR count). The Kier molecular flexibility index (Phi) is 6.35. The Morgan fingerprint density at radius 2 is 1.52 bits per heavy atom. The molecule has 2 heterocycles. The first-order valence-corrected chi connectivity index (χ1v) is 9.96.